The summed E-state index contributed by atoms with van der Waals surface area (Å²) in [6, 6.07) is 2.57. The van der Waals surface area contributed by atoms with Gasteiger partial charge in [-0.3, -0.25) is 24.3 Å². The Morgan fingerprint density at radius 1 is 1.29 bits per heavy atom. The molecule has 4 N–H and O–H groups in total. The van der Waals surface area contributed by atoms with Gasteiger partial charge in [0.1, 0.15) is 22.8 Å². The van der Waals surface area contributed by atoms with Crippen molar-refractivity contribution in [1.29, 1.82) is 0 Å². The molecule has 0 spiro atoms. The minimum atomic E-state index is -1.20. The van der Waals surface area contributed by atoms with Crippen molar-refractivity contribution in [3.63, 3.8) is 0 Å². The van der Waals surface area contributed by atoms with E-state index in [1.807, 2.05) is 19.9 Å². The van der Waals surface area contributed by atoms with E-state index in [2.05, 4.69) is 20.4 Å². The Kier molecular flexibility index (Phi) is 9.96. The van der Waals surface area contributed by atoms with Crippen LogP contribution < -0.4 is 11.1 Å². The number of pyridine rings is 1. The average molecular weight is 615 g/mol. The van der Waals surface area contributed by atoms with E-state index in [0.29, 0.717) is 24.2 Å². The summed E-state index contributed by atoms with van der Waals surface area (Å²) in [6.45, 7) is 5.16. The van der Waals surface area contributed by atoms with Crippen LogP contribution >= 0.6 is 23.1 Å². The number of oxime groups is 1. The third-order valence-electron chi connectivity index (χ3n) is 6.59. The number of β-lactam (4-membered cyclic amide) rings is 1. The molecule has 0 aliphatic carbocycles. The van der Waals surface area contributed by atoms with Crippen LogP contribution in [0.4, 0.5) is 5.13 Å². The molecule has 0 bridgehead atoms. The summed E-state index contributed by atoms with van der Waals surface area (Å²) in [5.41, 5.74) is 6.52. The van der Waals surface area contributed by atoms with Crippen LogP contribution in [0.15, 0.2) is 52.4 Å². The molecule has 2 aliphatic heterocycles. The second-order valence-corrected chi connectivity index (χ2v) is 11.3. The van der Waals surface area contributed by atoms with Crippen LogP contribution in [0.2, 0.25) is 0 Å². The van der Waals surface area contributed by atoms with Gasteiger partial charge in [0.25, 0.3) is 11.8 Å². The molecule has 1 fully saturated rings. The number of hydrogen-bond acceptors (Lipinski definition) is 13. The van der Waals surface area contributed by atoms with Crippen LogP contribution in [0, 0.1) is 5.92 Å². The molecule has 13 nitrogen and oxygen atoms in total. The van der Waals surface area contributed by atoms with Crippen molar-refractivity contribution < 1.29 is 33.9 Å². The zero-order valence-corrected chi connectivity index (χ0v) is 24.7. The summed E-state index contributed by atoms with van der Waals surface area (Å²) in [5, 5.41) is 16.0. The highest BCUT2D eigenvalue weighted by molar-refractivity contribution is 8.00. The number of nitrogens with two attached hydrogens (primary N) is 1. The topological polar surface area (TPSA) is 186 Å². The molecule has 0 aromatic carbocycles. The Morgan fingerprint density at radius 3 is 2.67 bits per heavy atom. The molecule has 1 saturated heterocycles. The number of fused-ring (bicyclic) bond motifs is 1. The van der Waals surface area contributed by atoms with Gasteiger partial charge in [-0.15, -0.1) is 23.1 Å². The summed E-state index contributed by atoms with van der Waals surface area (Å²) in [5.74, 6) is -2.77. The number of anilines is 1. The van der Waals surface area contributed by atoms with Gasteiger partial charge in [-0.2, -0.15) is 0 Å². The number of thioether (sulfide) groups is 1. The molecule has 0 saturated carbocycles. The van der Waals surface area contributed by atoms with E-state index in [9.17, 15) is 24.4 Å². The van der Waals surface area contributed by atoms with E-state index in [1.165, 1.54) is 29.0 Å². The first-order valence-corrected chi connectivity index (χ1v) is 15.0. The zero-order chi connectivity index (χ0) is 30.4. The highest BCUT2D eigenvalue weighted by Crippen LogP contribution is 2.41. The normalized spacial score (nSPS) is 19.4. The number of nitrogens with one attached hydrogen (secondary N) is 1. The number of esters is 2. The lowest BCUT2D eigenvalue weighted by Gasteiger charge is -2.49. The first-order valence-electron chi connectivity index (χ1n) is 13.1. The van der Waals surface area contributed by atoms with Gasteiger partial charge in [0.05, 0.1) is 5.92 Å². The van der Waals surface area contributed by atoms with Crippen LogP contribution in [-0.2, 0) is 28.7 Å². The number of nitrogens with zero attached hydrogens (tertiary/aromatic N) is 4. The second kappa shape index (κ2) is 13.6. The Morgan fingerprint density at radius 2 is 2.05 bits per heavy atom. The van der Waals surface area contributed by atoms with Crippen molar-refractivity contribution in [3.8, 4) is 0 Å². The molecule has 2 aliphatic rings. The van der Waals surface area contributed by atoms with Gasteiger partial charge in [0.15, 0.2) is 10.8 Å². The number of carbonyl (C=O) groups excluding carboxylic acids is 4. The molecule has 0 radical (unpaired) electrons. The first kappa shape index (κ1) is 30.7. The highest BCUT2D eigenvalue weighted by atomic mass is 32.2. The van der Waals surface area contributed by atoms with E-state index in [4.69, 9.17) is 15.2 Å². The number of ether oxygens (including phenoxy) is 2. The van der Waals surface area contributed by atoms with Crippen molar-refractivity contribution in [1.82, 2.24) is 20.2 Å². The van der Waals surface area contributed by atoms with Crippen LogP contribution in [0.5, 0.6) is 0 Å². The molecule has 2 aromatic rings. The summed E-state index contributed by atoms with van der Waals surface area (Å²) < 4.78 is 10.8. The standard InChI is InChI=1S/C27H30N6O7S2/c1-4-16(5-2)25(36)39-14(3)40-26(37)21-17(9-8-15-7-6-10-29-11-15)12-41-24-20(23(35)33(21)24)31-22(34)19(32-38)18-13-42-27(28)30-18/h6-11,13-14,16,20,24,38H,4-5,12H2,1-3H3,(H2,28,30)(H,31,34)/b9-8-,32-19-/t14-,20-,24-/m1/s1. The fourth-order valence-corrected chi connectivity index (χ4v) is 6.23. The molecule has 42 heavy (non-hydrogen) atoms. The maximum absolute atomic E-state index is 13.4. The fraction of sp³-hybridized carbons (Fsp3) is 0.370. The molecule has 2 amide bonds. The number of allylic oxidation sites excluding steroid dienone is 1. The molecule has 15 heteroatoms. The minimum Gasteiger partial charge on any atom is -0.425 e. The Hall–Kier alpha value is -4.24. The molecular formula is C27H30N6O7S2. The summed E-state index contributed by atoms with van der Waals surface area (Å²) in [4.78, 5) is 61.3. The molecule has 2 aromatic heterocycles. The minimum absolute atomic E-state index is 0.0249. The van der Waals surface area contributed by atoms with Crippen LogP contribution in [0.25, 0.3) is 6.08 Å². The fourth-order valence-electron chi connectivity index (χ4n) is 4.36. The van der Waals surface area contributed by atoms with E-state index in [1.54, 1.807) is 30.6 Å². The summed E-state index contributed by atoms with van der Waals surface area (Å²) in [6.07, 6.45) is 6.68. The number of thiazole rings is 1. The van der Waals surface area contributed by atoms with Crippen molar-refractivity contribution in [2.45, 2.75) is 51.3 Å². The Balaban J connectivity index is 1.55. The second-order valence-electron chi connectivity index (χ2n) is 9.30. The molecule has 0 unspecified atom stereocenters. The summed E-state index contributed by atoms with van der Waals surface area (Å²) >= 11 is 2.38. The highest BCUT2D eigenvalue weighted by Gasteiger charge is 2.54. The van der Waals surface area contributed by atoms with Crippen LogP contribution in [-0.4, -0.2) is 73.0 Å². The van der Waals surface area contributed by atoms with E-state index in [0.717, 1.165) is 16.9 Å². The SMILES string of the molecule is CCC(CC)C(=O)O[C@@H](C)OC(=O)C1=C(/C=C\c2cccnc2)CS[C@@H]2[C@H](NC(=O)/C(=N\O)c3csc(N)n3)C(=O)N12. The Bertz CT molecular complexity index is 1440. The predicted molar refractivity (Wildman–Crippen MR) is 156 cm³/mol. The lowest BCUT2D eigenvalue weighted by atomic mass is 10.0. The van der Waals surface area contributed by atoms with Crippen LogP contribution in [0.3, 0.4) is 0 Å². The summed E-state index contributed by atoms with van der Waals surface area (Å²) in [7, 11) is 0. The van der Waals surface area contributed by atoms with Gasteiger partial charge in [-0.05, 0) is 30.0 Å². The first-order chi connectivity index (χ1) is 20.2. The number of amides is 2. The van der Waals surface area contributed by atoms with Gasteiger partial charge in [-0.25, -0.2) is 9.78 Å². The third kappa shape index (κ3) is 6.62. The quantitative estimate of drug-likeness (QED) is 0.0843. The molecule has 4 rings (SSSR count). The van der Waals surface area contributed by atoms with E-state index in [-0.39, 0.29) is 22.4 Å². The third-order valence-corrected chi connectivity index (χ3v) is 8.57. The van der Waals surface area contributed by atoms with Gasteiger partial charge in [0, 0.05) is 30.5 Å². The lowest BCUT2D eigenvalue weighted by molar-refractivity contribution is -0.187. The average Bonchev–Trinajstić information content (AvgIpc) is 3.41. The number of hydrogen-bond donors (Lipinski definition) is 3. The molecule has 222 valence electrons. The molecule has 3 atom stereocenters. The van der Waals surface area contributed by atoms with Crippen molar-refractivity contribution in [2.24, 2.45) is 11.1 Å². The van der Waals surface area contributed by atoms with E-state index >= 15 is 0 Å². The van der Waals surface area contributed by atoms with Gasteiger partial charge in [-0.1, -0.05) is 37.2 Å². The number of nitrogen functional groups attached to an aromatic ring is 1. The Labute approximate surface area is 249 Å². The maximum Gasteiger partial charge on any atom is 0.358 e. The van der Waals surface area contributed by atoms with Crippen molar-refractivity contribution in [2.75, 3.05) is 11.5 Å². The van der Waals surface area contributed by atoms with Gasteiger partial charge in [0.2, 0.25) is 6.29 Å². The van der Waals surface area contributed by atoms with Gasteiger partial charge >= 0.3 is 11.9 Å². The zero-order valence-electron chi connectivity index (χ0n) is 23.1. The molecule has 4 heterocycles. The van der Waals surface area contributed by atoms with Crippen molar-refractivity contribution in [3.05, 3.63) is 58.5 Å². The van der Waals surface area contributed by atoms with Crippen LogP contribution in [0.1, 0.15) is 44.9 Å². The van der Waals surface area contributed by atoms with Gasteiger partial charge < -0.3 is 25.7 Å². The number of carbonyl (C=O) groups is 4. The van der Waals surface area contributed by atoms with E-state index < -0.39 is 47.2 Å². The lowest BCUT2D eigenvalue weighted by Crippen LogP contribution is -2.71. The monoisotopic (exact) mass is 614 g/mol. The maximum atomic E-state index is 13.4. The van der Waals surface area contributed by atoms with Crippen molar-refractivity contribution >= 4 is 63.8 Å². The largest absolute Gasteiger partial charge is 0.425 e. The predicted octanol–water partition coefficient (Wildman–Crippen LogP) is 2.53. The number of aromatic nitrogens is 2. The molecular weight excluding hydrogens is 584 g/mol. The number of rotatable bonds is 11. The smallest absolute Gasteiger partial charge is 0.358 e.